The predicted molar refractivity (Wildman–Crippen MR) is 128 cm³/mol. The Hall–Kier alpha value is -3.74. The molecule has 7 nitrogen and oxygen atoms in total. The first-order valence-corrected chi connectivity index (χ1v) is 10.9. The first kappa shape index (κ1) is 23.9. The molecule has 3 aromatic carbocycles. The van der Waals surface area contributed by atoms with Crippen LogP contribution in [0.1, 0.15) is 37.0 Å². The Labute approximate surface area is 193 Å². The Kier molecular flexibility index (Phi) is 7.77. The molecule has 0 radical (unpaired) electrons. The lowest BCUT2D eigenvalue weighted by Crippen LogP contribution is -2.16. The van der Waals surface area contributed by atoms with Gasteiger partial charge in [-0.3, -0.25) is 4.79 Å². The minimum Gasteiger partial charge on any atom is -0.490 e. The van der Waals surface area contributed by atoms with Crippen molar-refractivity contribution in [2.45, 2.75) is 26.7 Å². The van der Waals surface area contributed by atoms with E-state index in [4.69, 9.17) is 18.9 Å². The van der Waals surface area contributed by atoms with Crippen molar-refractivity contribution in [3.63, 3.8) is 0 Å². The number of benzene rings is 3. The lowest BCUT2D eigenvalue weighted by atomic mass is 10.0. The molecular formula is C26H29NO6. The van der Waals surface area contributed by atoms with Crippen LogP contribution >= 0.6 is 0 Å². The second kappa shape index (κ2) is 10.7. The molecule has 0 saturated heterocycles. The first-order chi connectivity index (χ1) is 15.9. The standard InChI is InChI=1S/C26H29NO6/c1-6-11-21(28)32-22-19-15-14-18(27(3)7-2)16-20(19)23(25(31-5)24(22)30-4)33-26(29)17-12-9-8-10-13-17/h8-10,12-16H,6-7,11H2,1-5H3. The molecule has 0 unspecified atom stereocenters. The number of nitrogens with zero attached hydrogens (tertiary/aromatic N) is 1. The molecule has 174 valence electrons. The largest absolute Gasteiger partial charge is 0.490 e. The van der Waals surface area contributed by atoms with Gasteiger partial charge in [0.2, 0.25) is 11.5 Å². The Morgan fingerprint density at radius 2 is 1.45 bits per heavy atom. The lowest BCUT2D eigenvalue weighted by Gasteiger charge is -2.22. The molecule has 0 fully saturated rings. The SMILES string of the molecule is CCCC(=O)Oc1c(OC)c(OC)c(OC(=O)c2ccccc2)c2cc(N(C)CC)ccc12. The van der Waals surface area contributed by atoms with Crippen molar-refractivity contribution in [1.82, 2.24) is 0 Å². The molecule has 0 aromatic heterocycles. The highest BCUT2D eigenvalue weighted by Crippen LogP contribution is 2.52. The highest BCUT2D eigenvalue weighted by molar-refractivity contribution is 6.04. The Morgan fingerprint density at radius 1 is 0.818 bits per heavy atom. The minimum atomic E-state index is -0.540. The number of esters is 2. The molecule has 0 spiro atoms. The van der Waals surface area contributed by atoms with Crippen molar-refractivity contribution in [1.29, 1.82) is 0 Å². The maximum Gasteiger partial charge on any atom is 0.343 e. The van der Waals surface area contributed by atoms with Gasteiger partial charge in [0.05, 0.1) is 19.8 Å². The van der Waals surface area contributed by atoms with Crippen LogP contribution in [0.3, 0.4) is 0 Å². The summed E-state index contributed by atoms with van der Waals surface area (Å²) in [6.07, 6.45) is 0.906. The number of methoxy groups -OCH3 is 2. The fraction of sp³-hybridized carbons (Fsp3) is 0.308. The summed E-state index contributed by atoms with van der Waals surface area (Å²) in [6.45, 7) is 4.71. The summed E-state index contributed by atoms with van der Waals surface area (Å²) in [7, 11) is 4.85. The van der Waals surface area contributed by atoms with E-state index in [1.54, 1.807) is 24.3 Å². The molecular weight excluding hydrogens is 422 g/mol. The molecule has 0 atom stereocenters. The molecule has 0 aliphatic carbocycles. The number of carbonyl (C=O) groups excluding carboxylic acids is 2. The fourth-order valence-electron chi connectivity index (χ4n) is 3.46. The third-order valence-electron chi connectivity index (χ3n) is 5.31. The number of rotatable bonds is 9. The molecule has 0 amide bonds. The van der Waals surface area contributed by atoms with Crippen LogP contribution in [-0.4, -0.2) is 39.8 Å². The van der Waals surface area contributed by atoms with Gasteiger partial charge in [-0.2, -0.15) is 0 Å². The van der Waals surface area contributed by atoms with Crippen molar-refractivity contribution in [2.24, 2.45) is 0 Å². The number of hydrogen-bond acceptors (Lipinski definition) is 7. The van der Waals surface area contributed by atoms with E-state index in [0.717, 1.165) is 12.2 Å². The van der Waals surface area contributed by atoms with Gasteiger partial charge in [-0.15, -0.1) is 0 Å². The molecule has 7 heteroatoms. The van der Waals surface area contributed by atoms with Gasteiger partial charge in [-0.25, -0.2) is 4.79 Å². The van der Waals surface area contributed by atoms with Crippen LogP contribution in [0.5, 0.6) is 23.0 Å². The quantitative estimate of drug-likeness (QED) is 0.325. The predicted octanol–water partition coefficient (Wildman–Crippen LogP) is 5.24. The van der Waals surface area contributed by atoms with Crippen LogP contribution in [0.15, 0.2) is 48.5 Å². The van der Waals surface area contributed by atoms with Gasteiger partial charge in [0, 0.05) is 36.5 Å². The molecule has 3 aromatic rings. The smallest absolute Gasteiger partial charge is 0.343 e. The first-order valence-electron chi connectivity index (χ1n) is 10.9. The molecule has 3 rings (SSSR count). The monoisotopic (exact) mass is 451 g/mol. The summed E-state index contributed by atoms with van der Waals surface area (Å²) in [5.41, 5.74) is 1.30. The Balaban J connectivity index is 2.27. The molecule has 0 aliphatic heterocycles. The van der Waals surface area contributed by atoms with Crippen molar-refractivity contribution < 1.29 is 28.5 Å². The summed E-state index contributed by atoms with van der Waals surface area (Å²) in [6, 6.07) is 14.3. The summed E-state index contributed by atoms with van der Waals surface area (Å²) in [5.74, 6) is -0.148. The number of fused-ring (bicyclic) bond motifs is 1. The van der Waals surface area contributed by atoms with Crippen molar-refractivity contribution >= 4 is 28.4 Å². The van der Waals surface area contributed by atoms with E-state index in [2.05, 4.69) is 0 Å². The average molecular weight is 452 g/mol. The van der Waals surface area contributed by atoms with E-state index in [1.165, 1.54) is 14.2 Å². The molecule has 0 aliphatic rings. The van der Waals surface area contributed by atoms with Gasteiger partial charge < -0.3 is 23.8 Å². The molecule has 0 saturated carbocycles. The summed E-state index contributed by atoms with van der Waals surface area (Å²) in [5, 5.41) is 1.13. The van der Waals surface area contributed by atoms with Gasteiger partial charge in [-0.05, 0) is 43.7 Å². The van der Waals surface area contributed by atoms with E-state index in [1.807, 2.05) is 50.1 Å². The van der Waals surface area contributed by atoms with Crippen LogP contribution < -0.4 is 23.8 Å². The third-order valence-corrected chi connectivity index (χ3v) is 5.31. The Morgan fingerprint density at radius 3 is 2.03 bits per heavy atom. The van der Waals surface area contributed by atoms with Gasteiger partial charge in [-0.1, -0.05) is 25.1 Å². The van der Waals surface area contributed by atoms with Crippen LogP contribution in [-0.2, 0) is 4.79 Å². The van der Waals surface area contributed by atoms with E-state index in [0.29, 0.717) is 22.8 Å². The van der Waals surface area contributed by atoms with Crippen molar-refractivity contribution in [2.75, 3.05) is 32.7 Å². The number of carbonyl (C=O) groups is 2. The van der Waals surface area contributed by atoms with E-state index >= 15 is 0 Å². The third kappa shape index (κ3) is 5.03. The Bertz CT molecular complexity index is 1140. The lowest BCUT2D eigenvalue weighted by molar-refractivity contribution is -0.134. The second-order valence-corrected chi connectivity index (χ2v) is 7.45. The highest BCUT2D eigenvalue weighted by atomic mass is 16.6. The second-order valence-electron chi connectivity index (χ2n) is 7.45. The van der Waals surface area contributed by atoms with Crippen molar-refractivity contribution in [3.8, 4) is 23.0 Å². The zero-order chi connectivity index (χ0) is 24.0. The van der Waals surface area contributed by atoms with Gasteiger partial charge in [0.25, 0.3) is 0 Å². The van der Waals surface area contributed by atoms with Gasteiger partial charge in [0.15, 0.2) is 11.5 Å². The summed E-state index contributed by atoms with van der Waals surface area (Å²) in [4.78, 5) is 27.4. The maximum absolute atomic E-state index is 12.9. The summed E-state index contributed by atoms with van der Waals surface area (Å²) >= 11 is 0. The summed E-state index contributed by atoms with van der Waals surface area (Å²) < 4.78 is 22.7. The van der Waals surface area contributed by atoms with Crippen LogP contribution in [0.25, 0.3) is 10.8 Å². The van der Waals surface area contributed by atoms with Gasteiger partial charge in [0.1, 0.15) is 0 Å². The van der Waals surface area contributed by atoms with Crippen LogP contribution in [0, 0.1) is 0 Å². The zero-order valence-corrected chi connectivity index (χ0v) is 19.6. The van der Waals surface area contributed by atoms with Gasteiger partial charge >= 0.3 is 11.9 Å². The van der Waals surface area contributed by atoms with Crippen LogP contribution in [0.4, 0.5) is 5.69 Å². The highest BCUT2D eigenvalue weighted by Gasteiger charge is 2.27. The van der Waals surface area contributed by atoms with Crippen LogP contribution in [0.2, 0.25) is 0 Å². The number of ether oxygens (including phenoxy) is 4. The fourth-order valence-corrected chi connectivity index (χ4v) is 3.46. The molecule has 0 bridgehead atoms. The normalized spacial score (nSPS) is 10.6. The van der Waals surface area contributed by atoms with E-state index in [-0.39, 0.29) is 35.4 Å². The topological polar surface area (TPSA) is 74.3 Å². The minimum absolute atomic E-state index is 0.171. The number of hydrogen-bond donors (Lipinski definition) is 0. The zero-order valence-electron chi connectivity index (χ0n) is 19.6. The molecule has 0 N–H and O–H groups in total. The van der Waals surface area contributed by atoms with E-state index in [9.17, 15) is 9.59 Å². The molecule has 33 heavy (non-hydrogen) atoms. The van der Waals surface area contributed by atoms with E-state index < -0.39 is 5.97 Å². The van der Waals surface area contributed by atoms with Crippen molar-refractivity contribution in [3.05, 3.63) is 54.1 Å². The number of anilines is 1. The molecule has 0 heterocycles. The average Bonchev–Trinajstić information content (AvgIpc) is 2.84. The maximum atomic E-state index is 12.9.